The highest BCUT2D eigenvalue weighted by Gasteiger charge is 2.36. The van der Waals surface area contributed by atoms with Crippen molar-refractivity contribution in [1.29, 1.82) is 0 Å². The standard InChI is InChI=1S/C21H24F3N3O/c1-26(16-7-3-2-4-8-16)20(28)18-13-25-27(19(18)14-10-11-14)17-9-5-6-15(12-17)21(22,23)24/h5-6,9,12-14,16H,2-4,7-8,10-11H2,1H3. The number of alkyl halides is 3. The zero-order valence-corrected chi connectivity index (χ0v) is 15.9. The molecule has 0 bridgehead atoms. The van der Waals surface area contributed by atoms with Crippen LogP contribution in [0, 0.1) is 0 Å². The number of hydrogen-bond acceptors (Lipinski definition) is 2. The number of carbonyl (C=O) groups is 1. The van der Waals surface area contributed by atoms with Crippen molar-refractivity contribution < 1.29 is 18.0 Å². The lowest BCUT2D eigenvalue weighted by Gasteiger charge is -2.31. The highest BCUT2D eigenvalue weighted by atomic mass is 19.4. The molecule has 2 fully saturated rings. The maximum atomic E-state index is 13.2. The first-order valence-corrected chi connectivity index (χ1v) is 9.89. The van der Waals surface area contributed by atoms with Crippen LogP contribution in [0.2, 0.25) is 0 Å². The van der Waals surface area contributed by atoms with Crippen LogP contribution < -0.4 is 0 Å². The van der Waals surface area contributed by atoms with E-state index in [0.29, 0.717) is 11.3 Å². The normalized spacial score (nSPS) is 18.3. The van der Waals surface area contributed by atoms with Gasteiger partial charge in [0, 0.05) is 19.0 Å². The fourth-order valence-electron chi connectivity index (χ4n) is 4.12. The first-order valence-electron chi connectivity index (χ1n) is 9.89. The van der Waals surface area contributed by atoms with Crippen molar-refractivity contribution in [3.8, 4) is 5.69 Å². The second-order valence-corrected chi connectivity index (χ2v) is 7.89. The summed E-state index contributed by atoms with van der Waals surface area (Å²) in [5.74, 6) is 0.0998. The highest BCUT2D eigenvalue weighted by molar-refractivity contribution is 5.95. The fourth-order valence-corrected chi connectivity index (χ4v) is 4.12. The molecule has 0 atom stereocenters. The molecule has 2 aromatic rings. The third kappa shape index (κ3) is 3.66. The SMILES string of the molecule is CN(C(=O)c1cnn(-c2cccc(C(F)(F)F)c2)c1C1CC1)C1CCCCC1. The van der Waals surface area contributed by atoms with E-state index in [4.69, 9.17) is 0 Å². The van der Waals surface area contributed by atoms with E-state index in [-0.39, 0.29) is 17.9 Å². The van der Waals surface area contributed by atoms with Crippen molar-refractivity contribution in [1.82, 2.24) is 14.7 Å². The van der Waals surface area contributed by atoms with Crippen LogP contribution in [-0.2, 0) is 6.18 Å². The second kappa shape index (κ2) is 7.26. The van der Waals surface area contributed by atoms with Gasteiger partial charge in [-0.1, -0.05) is 25.3 Å². The number of nitrogens with zero attached hydrogens (tertiary/aromatic N) is 3. The van der Waals surface area contributed by atoms with Crippen molar-refractivity contribution in [3.63, 3.8) is 0 Å². The lowest BCUT2D eigenvalue weighted by atomic mass is 9.94. The van der Waals surface area contributed by atoms with Crippen LogP contribution in [0.5, 0.6) is 0 Å². The molecular weight excluding hydrogens is 367 g/mol. The molecule has 2 aliphatic carbocycles. The lowest BCUT2D eigenvalue weighted by Crippen LogP contribution is -2.38. The Kier molecular flexibility index (Phi) is 4.93. The minimum atomic E-state index is -4.41. The summed E-state index contributed by atoms with van der Waals surface area (Å²) in [6, 6.07) is 5.36. The minimum absolute atomic E-state index is 0.0768. The Morgan fingerprint density at radius 2 is 1.86 bits per heavy atom. The molecule has 0 spiro atoms. The van der Waals surface area contributed by atoms with Gasteiger partial charge >= 0.3 is 6.18 Å². The predicted octanol–water partition coefficient (Wildman–Crippen LogP) is 5.17. The zero-order chi connectivity index (χ0) is 19.9. The number of carbonyl (C=O) groups excluding carboxylic acids is 1. The van der Waals surface area contributed by atoms with E-state index in [1.165, 1.54) is 23.4 Å². The van der Waals surface area contributed by atoms with E-state index in [0.717, 1.165) is 56.4 Å². The van der Waals surface area contributed by atoms with Gasteiger partial charge in [0.2, 0.25) is 0 Å². The zero-order valence-electron chi connectivity index (χ0n) is 15.9. The molecule has 0 saturated heterocycles. The van der Waals surface area contributed by atoms with Gasteiger partial charge in [0.05, 0.1) is 28.7 Å². The molecule has 7 heteroatoms. The molecule has 2 aliphatic rings. The molecule has 150 valence electrons. The molecule has 1 amide bonds. The molecule has 28 heavy (non-hydrogen) atoms. The van der Waals surface area contributed by atoms with Crippen LogP contribution >= 0.6 is 0 Å². The van der Waals surface area contributed by atoms with E-state index < -0.39 is 11.7 Å². The van der Waals surface area contributed by atoms with Gasteiger partial charge in [-0.15, -0.1) is 0 Å². The van der Waals surface area contributed by atoms with E-state index in [9.17, 15) is 18.0 Å². The Morgan fingerprint density at radius 1 is 1.14 bits per heavy atom. The van der Waals surface area contributed by atoms with Gasteiger partial charge in [0.1, 0.15) is 0 Å². The molecule has 2 saturated carbocycles. The fraction of sp³-hybridized carbons (Fsp3) is 0.524. The largest absolute Gasteiger partial charge is 0.416 e. The van der Waals surface area contributed by atoms with Gasteiger partial charge in [-0.2, -0.15) is 18.3 Å². The molecule has 0 radical (unpaired) electrons. The Balaban J connectivity index is 1.68. The van der Waals surface area contributed by atoms with Gasteiger partial charge in [0.15, 0.2) is 0 Å². The maximum absolute atomic E-state index is 13.2. The van der Waals surface area contributed by atoms with Gasteiger partial charge in [-0.25, -0.2) is 4.68 Å². The Labute approximate surface area is 162 Å². The average Bonchev–Trinajstić information content (AvgIpc) is 3.44. The van der Waals surface area contributed by atoms with Crippen molar-refractivity contribution >= 4 is 5.91 Å². The molecule has 0 unspecified atom stereocenters. The number of halogens is 3. The molecule has 0 aliphatic heterocycles. The van der Waals surface area contributed by atoms with Gasteiger partial charge < -0.3 is 4.90 Å². The third-order valence-corrected chi connectivity index (χ3v) is 5.86. The quantitative estimate of drug-likeness (QED) is 0.721. The van der Waals surface area contributed by atoms with Crippen LogP contribution in [0.25, 0.3) is 5.69 Å². The number of aromatic nitrogens is 2. The minimum Gasteiger partial charge on any atom is -0.339 e. The number of amides is 1. The van der Waals surface area contributed by atoms with Crippen LogP contribution in [0.3, 0.4) is 0 Å². The smallest absolute Gasteiger partial charge is 0.339 e. The monoisotopic (exact) mass is 391 g/mol. The van der Waals surface area contributed by atoms with Crippen molar-refractivity contribution in [2.24, 2.45) is 0 Å². The van der Waals surface area contributed by atoms with E-state index >= 15 is 0 Å². The first kappa shape index (κ1) is 19.0. The Bertz CT molecular complexity index is 864. The van der Waals surface area contributed by atoms with Crippen LogP contribution in [0.1, 0.15) is 72.5 Å². The average molecular weight is 391 g/mol. The molecule has 4 rings (SSSR count). The summed E-state index contributed by atoms with van der Waals surface area (Å²) in [5, 5.41) is 4.32. The van der Waals surface area contributed by atoms with Crippen LogP contribution in [0.15, 0.2) is 30.5 Å². The third-order valence-electron chi connectivity index (χ3n) is 5.86. The first-order chi connectivity index (χ1) is 13.4. The molecule has 4 nitrogen and oxygen atoms in total. The van der Waals surface area contributed by atoms with E-state index in [1.54, 1.807) is 11.0 Å². The molecular formula is C21H24F3N3O. The number of benzene rings is 1. The summed E-state index contributed by atoms with van der Waals surface area (Å²) in [7, 11) is 1.83. The summed E-state index contributed by atoms with van der Waals surface area (Å²) >= 11 is 0. The van der Waals surface area contributed by atoms with Gasteiger partial charge in [-0.05, 0) is 43.9 Å². The van der Waals surface area contributed by atoms with Crippen molar-refractivity contribution in [3.05, 3.63) is 47.3 Å². The Morgan fingerprint density at radius 3 is 2.50 bits per heavy atom. The van der Waals surface area contributed by atoms with Crippen molar-refractivity contribution in [2.75, 3.05) is 7.05 Å². The van der Waals surface area contributed by atoms with E-state index in [1.807, 2.05) is 7.05 Å². The molecule has 1 aromatic carbocycles. The van der Waals surface area contributed by atoms with Gasteiger partial charge in [-0.3, -0.25) is 4.79 Å². The number of rotatable bonds is 4. The van der Waals surface area contributed by atoms with Crippen molar-refractivity contribution in [2.45, 2.75) is 63.1 Å². The predicted molar refractivity (Wildman–Crippen MR) is 99.5 cm³/mol. The van der Waals surface area contributed by atoms with Crippen LogP contribution in [0.4, 0.5) is 13.2 Å². The van der Waals surface area contributed by atoms with E-state index in [2.05, 4.69) is 5.10 Å². The molecule has 0 N–H and O–H groups in total. The van der Waals surface area contributed by atoms with Crippen LogP contribution in [-0.4, -0.2) is 33.7 Å². The highest BCUT2D eigenvalue weighted by Crippen LogP contribution is 2.43. The second-order valence-electron chi connectivity index (χ2n) is 7.89. The lowest BCUT2D eigenvalue weighted by molar-refractivity contribution is -0.137. The summed E-state index contributed by atoms with van der Waals surface area (Å²) in [6.07, 6.45) is 4.43. The summed E-state index contributed by atoms with van der Waals surface area (Å²) in [4.78, 5) is 15.0. The number of hydrogen-bond donors (Lipinski definition) is 0. The summed E-state index contributed by atoms with van der Waals surface area (Å²) < 4.78 is 40.9. The summed E-state index contributed by atoms with van der Waals surface area (Å²) in [5.41, 5.74) is 0.894. The maximum Gasteiger partial charge on any atom is 0.416 e. The topological polar surface area (TPSA) is 38.1 Å². The molecule has 1 aromatic heterocycles. The summed E-state index contributed by atoms with van der Waals surface area (Å²) in [6.45, 7) is 0. The molecule has 1 heterocycles. The Hall–Kier alpha value is -2.31. The van der Waals surface area contributed by atoms with Gasteiger partial charge in [0.25, 0.3) is 5.91 Å².